The van der Waals surface area contributed by atoms with Gasteiger partial charge in [-0.05, 0) is 45.8 Å². The molecular weight excluding hydrogens is 381 g/mol. The Kier molecular flexibility index (Phi) is 5.39. The van der Waals surface area contributed by atoms with E-state index in [1.807, 2.05) is 0 Å². The van der Waals surface area contributed by atoms with E-state index in [-0.39, 0.29) is 16.9 Å². The van der Waals surface area contributed by atoms with E-state index >= 15 is 0 Å². The fraction of sp³-hybridized carbons (Fsp3) is 0. The Labute approximate surface area is 144 Å². The number of hydrogen-bond donors (Lipinski definition) is 1. The molecular formula is C16H9BrFN3O3. The fourth-order valence-electron chi connectivity index (χ4n) is 1.78. The average Bonchev–Trinajstić information content (AvgIpc) is 2.55. The van der Waals surface area contributed by atoms with E-state index in [4.69, 9.17) is 5.26 Å². The summed E-state index contributed by atoms with van der Waals surface area (Å²) < 4.78 is 13.2. The standard InChI is InChI=1S/C16H9BrFN3O3/c17-14-8-13(21(23)24)5-6-15(14)20-16(22)11(9-19)7-10-1-3-12(18)4-2-10/h1-8H,(H,20,22). The molecule has 1 amide bonds. The van der Waals surface area contributed by atoms with Crippen LogP contribution in [0.4, 0.5) is 15.8 Å². The van der Waals surface area contributed by atoms with Crippen molar-refractivity contribution in [3.63, 3.8) is 0 Å². The van der Waals surface area contributed by atoms with Crippen molar-refractivity contribution in [3.8, 4) is 6.07 Å². The summed E-state index contributed by atoms with van der Waals surface area (Å²) in [6.07, 6.45) is 1.31. The van der Waals surface area contributed by atoms with E-state index in [1.165, 1.54) is 48.5 Å². The summed E-state index contributed by atoms with van der Waals surface area (Å²) in [5.41, 5.74) is 0.450. The first-order chi connectivity index (χ1) is 11.4. The summed E-state index contributed by atoms with van der Waals surface area (Å²) in [6.45, 7) is 0. The SMILES string of the molecule is N#CC(=Cc1ccc(F)cc1)C(=O)Nc1ccc([N+](=O)[O-])cc1Br. The van der Waals surface area contributed by atoms with Gasteiger partial charge in [0.1, 0.15) is 17.5 Å². The Hall–Kier alpha value is -3.05. The van der Waals surface area contributed by atoms with Gasteiger partial charge in [0, 0.05) is 16.6 Å². The summed E-state index contributed by atoms with van der Waals surface area (Å²) in [5, 5.41) is 22.3. The molecule has 0 radical (unpaired) electrons. The minimum absolute atomic E-state index is 0.137. The second kappa shape index (κ2) is 7.48. The van der Waals surface area contributed by atoms with Crippen molar-refractivity contribution < 1.29 is 14.1 Å². The van der Waals surface area contributed by atoms with E-state index in [9.17, 15) is 19.3 Å². The van der Waals surface area contributed by atoms with Gasteiger partial charge < -0.3 is 5.32 Å². The van der Waals surface area contributed by atoms with Crippen molar-refractivity contribution in [2.24, 2.45) is 0 Å². The van der Waals surface area contributed by atoms with Gasteiger partial charge >= 0.3 is 0 Å². The van der Waals surface area contributed by atoms with Crippen LogP contribution in [0.25, 0.3) is 6.08 Å². The minimum Gasteiger partial charge on any atom is -0.320 e. The molecule has 0 atom stereocenters. The van der Waals surface area contributed by atoms with Crippen molar-refractivity contribution in [3.05, 3.63) is 74.0 Å². The third-order valence-corrected chi connectivity index (χ3v) is 3.61. The first-order valence-electron chi connectivity index (χ1n) is 6.53. The van der Waals surface area contributed by atoms with Gasteiger partial charge in [-0.15, -0.1) is 0 Å². The van der Waals surface area contributed by atoms with Crippen molar-refractivity contribution >= 4 is 39.3 Å². The topological polar surface area (TPSA) is 96.0 Å². The van der Waals surface area contributed by atoms with Gasteiger partial charge in [0.15, 0.2) is 0 Å². The van der Waals surface area contributed by atoms with Crippen LogP contribution in [0, 0.1) is 27.3 Å². The van der Waals surface area contributed by atoms with Crippen LogP contribution in [0.5, 0.6) is 0 Å². The van der Waals surface area contributed by atoms with E-state index in [0.29, 0.717) is 10.0 Å². The zero-order valence-electron chi connectivity index (χ0n) is 12.0. The van der Waals surface area contributed by atoms with Gasteiger partial charge in [0.05, 0.1) is 10.6 Å². The van der Waals surface area contributed by atoms with Gasteiger partial charge in [-0.1, -0.05) is 12.1 Å². The lowest BCUT2D eigenvalue weighted by Gasteiger charge is -2.06. The molecule has 2 aromatic carbocycles. The molecule has 120 valence electrons. The van der Waals surface area contributed by atoms with Gasteiger partial charge in [0.25, 0.3) is 11.6 Å². The van der Waals surface area contributed by atoms with E-state index in [2.05, 4.69) is 21.2 Å². The van der Waals surface area contributed by atoms with Gasteiger partial charge in [-0.3, -0.25) is 14.9 Å². The molecule has 0 aliphatic heterocycles. The third-order valence-electron chi connectivity index (χ3n) is 2.96. The van der Waals surface area contributed by atoms with E-state index in [1.54, 1.807) is 6.07 Å². The second-order valence-electron chi connectivity index (χ2n) is 4.60. The molecule has 0 aliphatic carbocycles. The minimum atomic E-state index is -0.684. The maximum absolute atomic E-state index is 12.9. The Balaban J connectivity index is 2.22. The molecule has 24 heavy (non-hydrogen) atoms. The zero-order chi connectivity index (χ0) is 17.7. The second-order valence-corrected chi connectivity index (χ2v) is 5.45. The first kappa shape index (κ1) is 17.3. The highest BCUT2D eigenvalue weighted by Crippen LogP contribution is 2.27. The van der Waals surface area contributed by atoms with Crippen LogP contribution in [0.15, 0.2) is 52.5 Å². The third kappa shape index (κ3) is 4.24. The van der Waals surface area contributed by atoms with Crippen LogP contribution in [0.1, 0.15) is 5.56 Å². The first-order valence-corrected chi connectivity index (χ1v) is 7.32. The Morgan fingerprint density at radius 1 is 1.29 bits per heavy atom. The number of nitrogens with one attached hydrogen (secondary N) is 1. The molecule has 0 saturated carbocycles. The zero-order valence-corrected chi connectivity index (χ0v) is 13.6. The molecule has 0 heterocycles. The number of nitrogens with zero attached hydrogens (tertiary/aromatic N) is 2. The molecule has 0 saturated heterocycles. The van der Waals surface area contributed by atoms with Crippen LogP contribution in [-0.2, 0) is 4.79 Å². The number of rotatable bonds is 4. The Bertz CT molecular complexity index is 873. The molecule has 0 unspecified atom stereocenters. The van der Waals surface area contributed by atoms with Crippen molar-refractivity contribution in [1.29, 1.82) is 5.26 Å². The largest absolute Gasteiger partial charge is 0.320 e. The van der Waals surface area contributed by atoms with Crippen molar-refractivity contribution in [1.82, 2.24) is 0 Å². The number of halogens is 2. The molecule has 0 spiro atoms. The summed E-state index contributed by atoms with van der Waals surface area (Å²) in [7, 11) is 0. The number of nitro groups is 1. The van der Waals surface area contributed by atoms with Crippen LogP contribution in [0.2, 0.25) is 0 Å². The summed E-state index contributed by atoms with van der Waals surface area (Å²) >= 11 is 3.13. The van der Waals surface area contributed by atoms with Crippen molar-refractivity contribution in [2.45, 2.75) is 0 Å². The quantitative estimate of drug-likeness (QED) is 0.369. The maximum Gasteiger partial charge on any atom is 0.270 e. The number of nitro benzene ring substituents is 1. The molecule has 0 aromatic heterocycles. The number of carbonyl (C=O) groups excluding carboxylic acids is 1. The van der Waals surface area contributed by atoms with Gasteiger partial charge in [0.2, 0.25) is 0 Å². The predicted octanol–water partition coefficient (Wildman–Crippen LogP) is 4.04. The average molecular weight is 390 g/mol. The molecule has 0 fully saturated rings. The summed E-state index contributed by atoms with van der Waals surface area (Å²) in [4.78, 5) is 22.3. The van der Waals surface area contributed by atoms with Crippen LogP contribution >= 0.6 is 15.9 Å². The normalized spacial score (nSPS) is 10.8. The number of carbonyl (C=O) groups is 1. The molecule has 0 aliphatic rings. The van der Waals surface area contributed by atoms with E-state index < -0.39 is 16.6 Å². The van der Waals surface area contributed by atoms with E-state index in [0.717, 1.165) is 0 Å². The Morgan fingerprint density at radius 3 is 2.50 bits per heavy atom. The molecule has 2 aromatic rings. The number of benzene rings is 2. The lowest BCUT2D eigenvalue weighted by molar-refractivity contribution is -0.384. The number of amides is 1. The molecule has 0 bridgehead atoms. The predicted molar refractivity (Wildman–Crippen MR) is 89.4 cm³/mol. The Morgan fingerprint density at radius 2 is 1.96 bits per heavy atom. The monoisotopic (exact) mass is 389 g/mol. The summed E-state index contributed by atoms with van der Waals surface area (Å²) in [5.74, 6) is -1.11. The molecule has 6 nitrogen and oxygen atoms in total. The molecule has 1 N–H and O–H groups in total. The molecule has 8 heteroatoms. The highest BCUT2D eigenvalue weighted by atomic mass is 79.9. The highest BCUT2D eigenvalue weighted by Gasteiger charge is 2.14. The van der Waals surface area contributed by atoms with Crippen LogP contribution in [-0.4, -0.2) is 10.8 Å². The highest BCUT2D eigenvalue weighted by molar-refractivity contribution is 9.10. The van der Waals surface area contributed by atoms with Crippen LogP contribution in [0.3, 0.4) is 0 Å². The lowest BCUT2D eigenvalue weighted by atomic mass is 10.1. The fourth-order valence-corrected chi connectivity index (χ4v) is 2.25. The lowest BCUT2D eigenvalue weighted by Crippen LogP contribution is -2.13. The van der Waals surface area contributed by atoms with Gasteiger partial charge in [-0.25, -0.2) is 4.39 Å². The van der Waals surface area contributed by atoms with Crippen LogP contribution < -0.4 is 5.32 Å². The maximum atomic E-state index is 12.9. The summed E-state index contributed by atoms with van der Waals surface area (Å²) in [6, 6.07) is 10.9. The number of non-ortho nitro benzene ring substituents is 1. The van der Waals surface area contributed by atoms with Crippen molar-refractivity contribution in [2.75, 3.05) is 5.32 Å². The number of anilines is 1. The number of hydrogen-bond acceptors (Lipinski definition) is 4. The smallest absolute Gasteiger partial charge is 0.270 e. The van der Waals surface area contributed by atoms with Gasteiger partial charge in [-0.2, -0.15) is 5.26 Å². The number of nitriles is 1. The molecule has 2 rings (SSSR count).